The smallest absolute Gasteiger partial charge is 0.387 e. The van der Waals surface area contributed by atoms with Gasteiger partial charge in [0.25, 0.3) is 11.5 Å². The van der Waals surface area contributed by atoms with Gasteiger partial charge in [0.15, 0.2) is 5.82 Å². The Kier molecular flexibility index (Phi) is 8.05. The van der Waals surface area contributed by atoms with Crippen LogP contribution in [0.2, 0.25) is 0 Å². The number of hydrogen-bond acceptors (Lipinski definition) is 6. The molecular weight excluding hydrogens is 565 g/mol. The fraction of sp³-hybridized carbons (Fsp3) is 0.214. The van der Waals surface area contributed by atoms with Gasteiger partial charge >= 0.3 is 6.61 Å². The first-order valence-electron chi connectivity index (χ1n) is 12.1. The molecule has 0 atom stereocenters. The number of pyridine rings is 1. The van der Waals surface area contributed by atoms with E-state index in [0.717, 1.165) is 45.8 Å². The number of nitriles is 1. The fourth-order valence-corrected chi connectivity index (χ4v) is 4.14. The zero-order chi connectivity index (χ0) is 30.9. The third-order valence-electron chi connectivity index (χ3n) is 6.14. The highest BCUT2D eigenvalue weighted by Gasteiger charge is 2.30. The van der Waals surface area contributed by atoms with Crippen LogP contribution < -0.4 is 20.3 Å². The molecule has 0 unspecified atom stereocenters. The lowest BCUT2D eigenvalue weighted by Crippen LogP contribution is -2.25. The van der Waals surface area contributed by atoms with Crippen LogP contribution in [0.4, 0.5) is 27.6 Å². The lowest BCUT2D eigenvalue weighted by Gasteiger charge is -2.17. The molecule has 0 radical (unpaired) electrons. The summed E-state index contributed by atoms with van der Waals surface area (Å²) >= 11 is 0. The maximum absolute atomic E-state index is 15.3. The van der Waals surface area contributed by atoms with E-state index >= 15 is 8.78 Å². The van der Waals surface area contributed by atoms with Crippen LogP contribution in [0.1, 0.15) is 35.5 Å². The molecule has 2 heterocycles. The molecule has 218 valence electrons. The first-order valence-corrected chi connectivity index (χ1v) is 12.1. The molecule has 42 heavy (non-hydrogen) atoms. The minimum Gasteiger partial charge on any atom is -0.497 e. The minimum absolute atomic E-state index is 0.120. The zero-order valence-corrected chi connectivity index (χ0v) is 22.5. The SMILES string of the molecule is COc1cc(F)c(-c2c(NC(=O)c3ccc(OC(F)F)cc3)c(=O)n(-c3nc(C(C)(C)F)ccc3C#N)n2C)c(F)c1. The summed E-state index contributed by atoms with van der Waals surface area (Å²) in [6.45, 7) is -0.691. The number of nitrogens with one attached hydrogen (secondary N) is 1. The first kappa shape index (κ1) is 29.8. The molecule has 0 fully saturated rings. The summed E-state index contributed by atoms with van der Waals surface area (Å²) in [4.78, 5) is 31.1. The van der Waals surface area contributed by atoms with E-state index in [9.17, 15) is 28.0 Å². The third-order valence-corrected chi connectivity index (χ3v) is 6.14. The van der Waals surface area contributed by atoms with Crippen LogP contribution in [-0.4, -0.2) is 34.0 Å². The Balaban J connectivity index is 1.96. The van der Waals surface area contributed by atoms with Crippen LogP contribution in [0, 0.1) is 23.0 Å². The number of hydrogen-bond donors (Lipinski definition) is 1. The Morgan fingerprint density at radius 3 is 2.21 bits per heavy atom. The van der Waals surface area contributed by atoms with Crippen LogP contribution in [0.5, 0.6) is 11.5 Å². The van der Waals surface area contributed by atoms with Crippen molar-refractivity contribution in [3.05, 3.63) is 87.3 Å². The number of carbonyl (C=O) groups excluding carboxylic acids is 1. The molecule has 1 amide bonds. The highest BCUT2D eigenvalue weighted by atomic mass is 19.3. The van der Waals surface area contributed by atoms with Crippen molar-refractivity contribution in [2.24, 2.45) is 7.05 Å². The van der Waals surface area contributed by atoms with Gasteiger partial charge in [-0.15, -0.1) is 0 Å². The molecule has 9 nitrogen and oxygen atoms in total. The number of halogens is 5. The zero-order valence-electron chi connectivity index (χ0n) is 22.5. The predicted molar refractivity (Wildman–Crippen MR) is 141 cm³/mol. The summed E-state index contributed by atoms with van der Waals surface area (Å²) in [6.07, 6.45) is 0. The van der Waals surface area contributed by atoms with Crippen LogP contribution in [0.3, 0.4) is 0 Å². The number of anilines is 1. The second-order valence-corrected chi connectivity index (χ2v) is 9.34. The summed E-state index contributed by atoms with van der Waals surface area (Å²) in [5.41, 5.74) is -5.31. The van der Waals surface area contributed by atoms with Crippen molar-refractivity contribution in [1.29, 1.82) is 5.26 Å². The number of benzene rings is 2. The van der Waals surface area contributed by atoms with Gasteiger partial charge in [-0.25, -0.2) is 18.2 Å². The Hall–Kier alpha value is -5.19. The van der Waals surface area contributed by atoms with Crippen molar-refractivity contribution in [1.82, 2.24) is 14.3 Å². The van der Waals surface area contributed by atoms with E-state index in [-0.39, 0.29) is 34.1 Å². The largest absolute Gasteiger partial charge is 0.497 e. The van der Waals surface area contributed by atoms with Gasteiger partial charge in [0.05, 0.1) is 23.9 Å². The van der Waals surface area contributed by atoms with E-state index in [4.69, 9.17) is 4.74 Å². The first-order chi connectivity index (χ1) is 19.8. The second-order valence-electron chi connectivity index (χ2n) is 9.34. The highest BCUT2D eigenvalue weighted by Crippen LogP contribution is 2.35. The van der Waals surface area contributed by atoms with Crippen molar-refractivity contribution in [3.8, 4) is 34.6 Å². The van der Waals surface area contributed by atoms with Crippen molar-refractivity contribution in [2.45, 2.75) is 26.1 Å². The molecule has 0 aliphatic carbocycles. The van der Waals surface area contributed by atoms with E-state index in [0.29, 0.717) is 0 Å². The molecule has 2 aromatic heterocycles. The minimum atomic E-state index is -3.10. The van der Waals surface area contributed by atoms with Gasteiger partial charge in [0.2, 0.25) is 0 Å². The molecule has 0 bridgehead atoms. The number of carbonyl (C=O) groups is 1. The number of amides is 1. The average Bonchev–Trinajstić information content (AvgIpc) is 3.15. The molecule has 2 aromatic carbocycles. The molecule has 0 aliphatic heterocycles. The highest BCUT2D eigenvalue weighted by molar-refractivity contribution is 6.06. The predicted octanol–water partition coefficient (Wildman–Crippen LogP) is 5.45. The number of alkyl halides is 3. The van der Waals surface area contributed by atoms with Gasteiger partial charge in [-0.2, -0.15) is 18.7 Å². The van der Waals surface area contributed by atoms with Gasteiger partial charge in [-0.1, -0.05) is 0 Å². The maximum Gasteiger partial charge on any atom is 0.387 e. The topological polar surface area (TPSA) is 111 Å². The van der Waals surface area contributed by atoms with E-state index in [1.165, 1.54) is 40.1 Å². The Morgan fingerprint density at radius 2 is 1.69 bits per heavy atom. The molecule has 0 saturated carbocycles. The maximum atomic E-state index is 15.3. The quantitative estimate of drug-likeness (QED) is 0.275. The molecule has 0 saturated heterocycles. The third kappa shape index (κ3) is 5.67. The monoisotopic (exact) mass is 587 g/mol. The van der Waals surface area contributed by atoms with Crippen molar-refractivity contribution in [2.75, 3.05) is 12.4 Å². The van der Waals surface area contributed by atoms with Gasteiger partial charge in [-0.05, 0) is 50.2 Å². The van der Waals surface area contributed by atoms with Gasteiger partial charge in [0.1, 0.15) is 46.3 Å². The van der Waals surface area contributed by atoms with Crippen molar-refractivity contribution < 1.29 is 36.2 Å². The van der Waals surface area contributed by atoms with Crippen molar-refractivity contribution >= 4 is 11.6 Å². The molecular formula is C28H22F5N5O4. The molecule has 0 aliphatic rings. The number of ether oxygens (including phenoxy) is 2. The van der Waals surface area contributed by atoms with E-state index in [2.05, 4.69) is 15.0 Å². The Labute approximate surface area is 235 Å². The molecule has 0 spiro atoms. The van der Waals surface area contributed by atoms with E-state index in [1.807, 2.05) is 6.07 Å². The number of rotatable bonds is 8. The average molecular weight is 588 g/mol. The Bertz CT molecular complexity index is 1750. The normalized spacial score (nSPS) is 11.4. The molecule has 4 aromatic rings. The summed E-state index contributed by atoms with van der Waals surface area (Å²) in [6, 6.07) is 10.5. The van der Waals surface area contributed by atoms with Crippen LogP contribution in [-0.2, 0) is 12.7 Å². The lowest BCUT2D eigenvalue weighted by molar-refractivity contribution is -0.0498. The van der Waals surface area contributed by atoms with Gasteiger partial charge in [0, 0.05) is 24.7 Å². The molecule has 14 heteroatoms. The molecule has 4 rings (SSSR count). The van der Waals surface area contributed by atoms with Crippen LogP contribution >= 0.6 is 0 Å². The Morgan fingerprint density at radius 1 is 1.07 bits per heavy atom. The molecule has 1 N–H and O–H groups in total. The second kappa shape index (κ2) is 11.4. The van der Waals surface area contributed by atoms with E-state index < -0.39 is 52.3 Å². The number of methoxy groups -OCH3 is 1. The van der Waals surface area contributed by atoms with Gasteiger partial charge < -0.3 is 14.8 Å². The van der Waals surface area contributed by atoms with Crippen LogP contribution in [0.15, 0.2) is 53.3 Å². The summed E-state index contributed by atoms with van der Waals surface area (Å²) in [7, 11) is 2.42. The van der Waals surface area contributed by atoms with E-state index in [1.54, 1.807) is 0 Å². The lowest BCUT2D eigenvalue weighted by atomic mass is 10.1. The van der Waals surface area contributed by atoms with Gasteiger partial charge in [-0.3, -0.25) is 14.3 Å². The summed E-state index contributed by atoms with van der Waals surface area (Å²) in [5.74, 6) is -4.03. The number of aromatic nitrogens is 3. The number of nitrogens with zero attached hydrogens (tertiary/aromatic N) is 4. The summed E-state index contributed by atoms with van der Waals surface area (Å²) < 4.78 is 81.3. The van der Waals surface area contributed by atoms with Crippen LogP contribution in [0.25, 0.3) is 17.1 Å². The van der Waals surface area contributed by atoms with Crippen molar-refractivity contribution in [3.63, 3.8) is 0 Å². The fourth-order valence-electron chi connectivity index (χ4n) is 4.14. The summed E-state index contributed by atoms with van der Waals surface area (Å²) in [5, 5.41) is 12.0. The standard InChI is InChI=1S/C28H22F5N5O4/c1-28(2,33)20-10-7-15(13-34)24(35-20)38-26(40)22(36-25(39)14-5-8-16(9-6-14)42-27(31)32)23(37(38)3)21-18(29)11-17(41-4)12-19(21)30/h5-12,27H,1-4H3,(H,36,39).